The van der Waals surface area contributed by atoms with Gasteiger partial charge in [0.15, 0.2) is 29.1 Å². The maximum atomic E-state index is 11.0. The van der Waals surface area contributed by atoms with Gasteiger partial charge in [0.05, 0.1) is 26.9 Å². The summed E-state index contributed by atoms with van der Waals surface area (Å²) in [4.78, 5) is 0. The second-order valence-electron chi connectivity index (χ2n) is 8.81. The predicted molar refractivity (Wildman–Crippen MR) is 131 cm³/mol. The van der Waals surface area contributed by atoms with Crippen molar-refractivity contribution in [3.63, 3.8) is 0 Å². The van der Waals surface area contributed by atoms with Crippen LogP contribution in [-0.2, 0) is 11.2 Å². The highest BCUT2D eigenvalue weighted by Crippen LogP contribution is 2.36. The molecule has 7 unspecified atom stereocenters. The highest BCUT2D eigenvalue weighted by molar-refractivity contribution is 5.45. The molecule has 11 nitrogen and oxygen atoms in total. The van der Waals surface area contributed by atoms with Gasteiger partial charge in [0.25, 0.3) is 0 Å². The Hall–Kier alpha value is -2.64. The summed E-state index contributed by atoms with van der Waals surface area (Å²) in [5.41, 5.74) is 1.30. The van der Waals surface area contributed by atoms with Crippen LogP contribution < -0.4 is 18.9 Å². The van der Waals surface area contributed by atoms with Crippen LogP contribution in [0.3, 0.4) is 0 Å². The molecule has 0 amide bonds. The Labute approximate surface area is 215 Å². The number of aliphatic hydroxyl groups excluding tert-OH is 6. The monoisotopic (exact) mass is 524 g/mol. The predicted octanol–water partition coefficient (Wildman–Crippen LogP) is 0.308. The SMILES string of the molecule is COc1cc(CCCO)ccc1OC(CO)C(O)c1ccc(OC2OC(C)C(O)C(O)C2O)c(OC)c1. The van der Waals surface area contributed by atoms with Crippen molar-refractivity contribution < 1.29 is 54.3 Å². The lowest BCUT2D eigenvalue weighted by Gasteiger charge is -2.39. The summed E-state index contributed by atoms with van der Waals surface area (Å²) in [6, 6.07) is 9.79. The first-order chi connectivity index (χ1) is 17.7. The highest BCUT2D eigenvalue weighted by atomic mass is 16.7. The van der Waals surface area contributed by atoms with E-state index in [-0.39, 0.29) is 18.1 Å². The Bertz CT molecular complexity index is 1000. The van der Waals surface area contributed by atoms with Crippen LogP contribution in [0.25, 0.3) is 0 Å². The van der Waals surface area contributed by atoms with Crippen molar-refractivity contribution in [2.75, 3.05) is 27.4 Å². The van der Waals surface area contributed by atoms with Gasteiger partial charge in [0, 0.05) is 6.61 Å². The first-order valence-corrected chi connectivity index (χ1v) is 12.0. The van der Waals surface area contributed by atoms with Gasteiger partial charge in [0.2, 0.25) is 6.29 Å². The summed E-state index contributed by atoms with van der Waals surface area (Å²) in [6.07, 6.45) is -7.30. The van der Waals surface area contributed by atoms with Crippen LogP contribution in [0.4, 0.5) is 0 Å². The van der Waals surface area contributed by atoms with Crippen molar-refractivity contribution in [3.8, 4) is 23.0 Å². The van der Waals surface area contributed by atoms with Gasteiger partial charge >= 0.3 is 0 Å². The molecule has 1 heterocycles. The molecule has 0 spiro atoms. The summed E-state index contributed by atoms with van der Waals surface area (Å²) in [7, 11) is 2.88. The molecule has 1 aliphatic rings. The zero-order valence-electron chi connectivity index (χ0n) is 21.1. The van der Waals surface area contributed by atoms with Crippen LogP contribution in [-0.4, -0.2) is 94.9 Å². The van der Waals surface area contributed by atoms with E-state index in [1.807, 2.05) is 6.07 Å². The Balaban J connectivity index is 1.76. The van der Waals surface area contributed by atoms with Gasteiger partial charge in [-0.2, -0.15) is 0 Å². The smallest absolute Gasteiger partial charge is 0.229 e. The van der Waals surface area contributed by atoms with Crippen LogP contribution in [0.5, 0.6) is 23.0 Å². The Kier molecular flexibility index (Phi) is 10.4. The molecule has 37 heavy (non-hydrogen) atoms. The maximum Gasteiger partial charge on any atom is 0.229 e. The van der Waals surface area contributed by atoms with E-state index in [0.717, 1.165) is 5.56 Å². The minimum absolute atomic E-state index is 0.0745. The van der Waals surface area contributed by atoms with E-state index in [0.29, 0.717) is 29.9 Å². The van der Waals surface area contributed by atoms with Gasteiger partial charge < -0.3 is 54.3 Å². The second-order valence-corrected chi connectivity index (χ2v) is 8.81. The molecule has 0 aromatic heterocycles. The van der Waals surface area contributed by atoms with Gasteiger partial charge in [-0.1, -0.05) is 12.1 Å². The van der Waals surface area contributed by atoms with E-state index in [1.54, 1.807) is 19.1 Å². The molecule has 2 aromatic rings. The second kappa shape index (κ2) is 13.2. The maximum absolute atomic E-state index is 11.0. The average molecular weight is 525 g/mol. The number of rotatable bonds is 12. The van der Waals surface area contributed by atoms with Gasteiger partial charge in [-0.3, -0.25) is 0 Å². The molecule has 6 N–H and O–H groups in total. The number of hydrogen-bond donors (Lipinski definition) is 6. The number of methoxy groups -OCH3 is 2. The normalized spacial score (nSPS) is 25.3. The van der Waals surface area contributed by atoms with E-state index in [2.05, 4.69) is 0 Å². The molecular weight excluding hydrogens is 488 g/mol. The molecule has 11 heteroatoms. The standard InChI is InChI=1S/C26H36O11/c1-14-22(29)24(31)25(32)26(35-14)37-18-9-7-16(12-20(18)34-3)23(30)21(13-28)36-17-8-6-15(5-4-10-27)11-19(17)33-2/h6-9,11-12,14,21-32H,4-5,10,13H2,1-3H3. The lowest BCUT2D eigenvalue weighted by molar-refractivity contribution is -0.268. The molecule has 1 saturated heterocycles. The third-order valence-corrected chi connectivity index (χ3v) is 6.24. The van der Waals surface area contributed by atoms with Crippen LogP contribution in [0, 0.1) is 0 Å². The van der Waals surface area contributed by atoms with E-state index in [1.165, 1.54) is 32.4 Å². The fourth-order valence-corrected chi connectivity index (χ4v) is 4.03. The number of aliphatic hydroxyl groups is 6. The minimum atomic E-state index is -1.50. The van der Waals surface area contributed by atoms with E-state index >= 15 is 0 Å². The van der Waals surface area contributed by atoms with Crippen molar-refractivity contribution in [1.82, 2.24) is 0 Å². The Morgan fingerprint density at radius 2 is 1.54 bits per heavy atom. The van der Waals surface area contributed by atoms with Crippen LogP contribution in [0.15, 0.2) is 36.4 Å². The summed E-state index contributed by atoms with van der Waals surface area (Å²) < 4.78 is 27.8. The number of aryl methyl sites for hydroxylation is 1. The topological polar surface area (TPSA) is 168 Å². The van der Waals surface area contributed by atoms with E-state index < -0.39 is 49.5 Å². The van der Waals surface area contributed by atoms with E-state index in [9.17, 15) is 25.5 Å². The van der Waals surface area contributed by atoms with Crippen molar-refractivity contribution >= 4 is 0 Å². The molecule has 2 aromatic carbocycles. The zero-order chi connectivity index (χ0) is 27.1. The fourth-order valence-electron chi connectivity index (χ4n) is 4.03. The lowest BCUT2D eigenvalue weighted by atomic mass is 10.00. The molecule has 1 aliphatic heterocycles. The molecule has 0 bridgehead atoms. The average Bonchev–Trinajstić information content (AvgIpc) is 2.92. The van der Waals surface area contributed by atoms with Crippen LogP contribution in [0.1, 0.15) is 30.6 Å². The Morgan fingerprint density at radius 1 is 0.865 bits per heavy atom. The van der Waals surface area contributed by atoms with Crippen molar-refractivity contribution in [2.45, 2.75) is 62.7 Å². The van der Waals surface area contributed by atoms with Crippen molar-refractivity contribution in [2.24, 2.45) is 0 Å². The molecule has 206 valence electrons. The van der Waals surface area contributed by atoms with Crippen molar-refractivity contribution in [3.05, 3.63) is 47.5 Å². The molecule has 7 atom stereocenters. The van der Waals surface area contributed by atoms with Crippen LogP contribution >= 0.6 is 0 Å². The summed E-state index contributed by atoms with van der Waals surface area (Å²) in [5, 5.41) is 60.1. The Morgan fingerprint density at radius 3 is 2.19 bits per heavy atom. The fraction of sp³-hybridized carbons (Fsp3) is 0.538. The molecule has 3 rings (SSSR count). The van der Waals surface area contributed by atoms with Gasteiger partial charge in [-0.15, -0.1) is 0 Å². The molecule has 0 radical (unpaired) electrons. The van der Waals surface area contributed by atoms with Crippen molar-refractivity contribution in [1.29, 1.82) is 0 Å². The number of hydrogen-bond acceptors (Lipinski definition) is 11. The molecule has 0 saturated carbocycles. The quantitative estimate of drug-likeness (QED) is 0.226. The van der Waals surface area contributed by atoms with Gasteiger partial charge in [0.1, 0.15) is 24.4 Å². The largest absolute Gasteiger partial charge is 0.493 e. The first kappa shape index (κ1) is 28.9. The first-order valence-electron chi connectivity index (χ1n) is 12.0. The van der Waals surface area contributed by atoms with E-state index in [4.69, 9.17) is 28.8 Å². The van der Waals surface area contributed by atoms with Crippen LogP contribution in [0.2, 0.25) is 0 Å². The molecule has 1 fully saturated rings. The number of benzene rings is 2. The minimum Gasteiger partial charge on any atom is -0.493 e. The summed E-state index contributed by atoms with van der Waals surface area (Å²) >= 11 is 0. The lowest BCUT2D eigenvalue weighted by Crippen LogP contribution is -2.58. The third kappa shape index (κ3) is 6.82. The zero-order valence-corrected chi connectivity index (χ0v) is 21.1. The summed E-state index contributed by atoms with van der Waals surface area (Å²) in [5.74, 6) is 1.12. The van der Waals surface area contributed by atoms with Gasteiger partial charge in [-0.05, 0) is 55.2 Å². The molecular formula is C26H36O11. The summed E-state index contributed by atoms with van der Waals surface area (Å²) in [6.45, 7) is 1.11. The van der Waals surface area contributed by atoms with Gasteiger partial charge in [-0.25, -0.2) is 0 Å². The molecule has 0 aliphatic carbocycles. The highest BCUT2D eigenvalue weighted by Gasteiger charge is 2.43. The number of ether oxygens (including phenoxy) is 5. The third-order valence-electron chi connectivity index (χ3n) is 6.24.